The van der Waals surface area contributed by atoms with E-state index < -0.39 is 9.84 Å². The van der Waals surface area contributed by atoms with Crippen LogP contribution in [0.15, 0.2) is 40.6 Å². The maximum atomic E-state index is 13.0. The predicted octanol–water partition coefficient (Wildman–Crippen LogP) is 3.99. The van der Waals surface area contributed by atoms with Crippen LogP contribution in [0.3, 0.4) is 0 Å². The summed E-state index contributed by atoms with van der Waals surface area (Å²) < 4.78 is 27.8. The first-order valence-electron chi connectivity index (χ1n) is 7.91. The van der Waals surface area contributed by atoms with Crippen LogP contribution >= 0.6 is 22.7 Å². The van der Waals surface area contributed by atoms with Crippen LogP contribution in [0.4, 0.5) is 10.3 Å². The molecule has 0 atom stereocenters. The number of aryl methyl sites for hydroxylation is 2. The highest BCUT2D eigenvalue weighted by atomic mass is 32.2. The minimum absolute atomic E-state index is 0. The zero-order valence-electron chi connectivity index (χ0n) is 14.2. The molecule has 0 spiro atoms. The molecular formula is C17H16N6O2S3. The molecule has 5 rings (SSSR count). The molecule has 1 aliphatic rings. The molecule has 144 valence electrons. The molecule has 1 N–H and O–H groups in total. The smallest absolute Gasteiger partial charge is 0.228 e. The fourth-order valence-corrected chi connectivity index (χ4v) is 6.28. The van der Waals surface area contributed by atoms with Crippen molar-refractivity contribution in [3.05, 3.63) is 41.4 Å². The Labute approximate surface area is 169 Å². The largest absolute Gasteiger partial charge is 0.306 e. The Morgan fingerprint density at radius 1 is 1.11 bits per heavy atom. The zero-order chi connectivity index (χ0) is 18.8. The van der Waals surface area contributed by atoms with E-state index in [-0.39, 0.29) is 17.3 Å². The van der Waals surface area contributed by atoms with Gasteiger partial charge in [-0.1, -0.05) is 42.2 Å². The zero-order valence-corrected chi connectivity index (χ0v) is 16.6. The van der Waals surface area contributed by atoms with E-state index in [9.17, 15) is 8.42 Å². The Morgan fingerprint density at radius 3 is 2.68 bits per heavy atom. The molecule has 0 saturated carbocycles. The van der Waals surface area contributed by atoms with Crippen molar-refractivity contribution in [2.45, 2.75) is 31.2 Å². The first-order valence-corrected chi connectivity index (χ1v) is 11.0. The predicted molar refractivity (Wildman–Crippen MR) is 110 cm³/mol. The summed E-state index contributed by atoms with van der Waals surface area (Å²) in [6.07, 6.45) is 3.05. The third kappa shape index (κ3) is 2.74. The molecule has 2 bridgehead atoms. The third-order valence-electron chi connectivity index (χ3n) is 4.16. The summed E-state index contributed by atoms with van der Waals surface area (Å²) in [5.41, 5.74) is 1.97. The highest BCUT2D eigenvalue weighted by Crippen LogP contribution is 2.43. The summed E-state index contributed by atoms with van der Waals surface area (Å²) >= 11 is 2.82. The van der Waals surface area contributed by atoms with Gasteiger partial charge >= 0.3 is 0 Å². The van der Waals surface area contributed by atoms with Crippen molar-refractivity contribution in [1.29, 1.82) is 0 Å². The number of nitrogens with one attached hydrogen (secondary N) is 1. The van der Waals surface area contributed by atoms with E-state index in [2.05, 4.69) is 25.5 Å². The number of thiazole rings is 1. The van der Waals surface area contributed by atoms with Crippen LogP contribution in [-0.2, 0) is 9.84 Å². The number of sulfone groups is 1. The van der Waals surface area contributed by atoms with Gasteiger partial charge in [-0.3, -0.25) is 0 Å². The van der Waals surface area contributed by atoms with Gasteiger partial charge in [-0.2, -0.15) is 0 Å². The molecule has 3 aromatic heterocycles. The maximum absolute atomic E-state index is 13.0. The molecule has 4 heterocycles. The minimum Gasteiger partial charge on any atom is -0.306 e. The van der Waals surface area contributed by atoms with Crippen LogP contribution in [-0.4, -0.2) is 33.2 Å². The average molecular weight is 433 g/mol. The molecule has 28 heavy (non-hydrogen) atoms. The quantitative estimate of drug-likeness (QED) is 0.460. The third-order valence-corrected chi connectivity index (χ3v) is 7.74. The second-order valence-corrected chi connectivity index (χ2v) is 9.98. The van der Waals surface area contributed by atoms with Crippen molar-refractivity contribution in [2.24, 2.45) is 0 Å². The van der Waals surface area contributed by atoms with Crippen LogP contribution in [0, 0.1) is 13.8 Å². The van der Waals surface area contributed by atoms with Crippen LogP contribution in [0.1, 0.15) is 18.1 Å². The standard InChI is InChI=1S/C16H12N6O2S3.CH4/c1-8-13(26-15(18-8)19-16-21-20-9(2)25-16)10-4-3-5-11-14(10)27(23,24)12-6-22(11)7-17-12;/h3-7H,1-2H3,(H,18,19,21);1H4. The van der Waals surface area contributed by atoms with Crippen molar-refractivity contribution in [1.82, 2.24) is 24.7 Å². The lowest BCUT2D eigenvalue weighted by Gasteiger charge is -2.16. The van der Waals surface area contributed by atoms with E-state index >= 15 is 0 Å². The maximum Gasteiger partial charge on any atom is 0.228 e. The molecule has 1 aliphatic heterocycles. The molecule has 8 nitrogen and oxygen atoms in total. The van der Waals surface area contributed by atoms with Gasteiger partial charge in [-0.05, 0) is 19.9 Å². The molecule has 0 aliphatic carbocycles. The van der Waals surface area contributed by atoms with Crippen LogP contribution in [0.25, 0.3) is 16.1 Å². The number of nitrogens with zero attached hydrogens (tertiary/aromatic N) is 5. The van der Waals surface area contributed by atoms with Gasteiger partial charge in [0.25, 0.3) is 0 Å². The van der Waals surface area contributed by atoms with Crippen LogP contribution in [0.5, 0.6) is 0 Å². The van der Waals surface area contributed by atoms with E-state index in [4.69, 9.17) is 0 Å². The average Bonchev–Trinajstić information content (AvgIpc) is 3.33. The SMILES string of the molecule is C.Cc1nnc(Nc2nc(C)c(-c3cccc4c3S(=O)(=O)c3cn-4cn3)s2)s1. The molecular weight excluding hydrogens is 416 g/mol. The van der Waals surface area contributed by atoms with Crippen molar-refractivity contribution in [3.8, 4) is 16.1 Å². The number of anilines is 2. The number of imidazole rings is 1. The Bertz CT molecular complexity index is 1300. The normalized spacial score (nSPS) is 13.6. The van der Waals surface area contributed by atoms with Crippen molar-refractivity contribution in [3.63, 3.8) is 0 Å². The number of hydrogen-bond donors (Lipinski definition) is 1. The summed E-state index contributed by atoms with van der Waals surface area (Å²) in [6.45, 7) is 3.74. The fraction of sp³-hybridized carbons (Fsp3) is 0.176. The first kappa shape index (κ1) is 18.7. The van der Waals surface area contributed by atoms with E-state index in [0.717, 1.165) is 15.6 Å². The van der Waals surface area contributed by atoms with Gasteiger partial charge in [0.15, 0.2) is 10.2 Å². The second kappa shape index (κ2) is 6.47. The van der Waals surface area contributed by atoms with Crippen molar-refractivity contribution >= 4 is 42.8 Å². The molecule has 4 aromatic rings. The lowest BCUT2D eigenvalue weighted by atomic mass is 10.1. The molecule has 11 heteroatoms. The number of hydrogen-bond acceptors (Lipinski definition) is 9. The topological polar surface area (TPSA) is 103 Å². The van der Waals surface area contributed by atoms with Gasteiger partial charge in [0, 0.05) is 11.8 Å². The van der Waals surface area contributed by atoms with Crippen molar-refractivity contribution < 1.29 is 8.42 Å². The second-order valence-electron chi connectivity index (χ2n) is 5.96. The van der Waals surface area contributed by atoms with Crippen LogP contribution in [0.2, 0.25) is 0 Å². The molecule has 1 aromatic carbocycles. The molecule has 0 amide bonds. The fourth-order valence-electron chi connectivity index (χ4n) is 3.01. The highest BCUT2D eigenvalue weighted by molar-refractivity contribution is 7.91. The van der Waals surface area contributed by atoms with E-state index in [1.54, 1.807) is 10.6 Å². The summed E-state index contributed by atoms with van der Waals surface area (Å²) in [5, 5.41) is 13.4. The Balaban J connectivity index is 0.00000192. The molecule has 0 radical (unpaired) electrons. The number of benzene rings is 1. The van der Waals surface area contributed by atoms with Crippen molar-refractivity contribution in [2.75, 3.05) is 5.32 Å². The van der Waals surface area contributed by atoms with Gasteiger partial charge in [0.2, 0.25) is 15.0 Å². The van der Waals surface area contributed by atoms with Crippen LogP contribution < -0.4 is 5.32 Å². The summed E-state index contributed by atoms with van der Waals surface area (Å²) in [5.74, 6) is 0. The van der Waals surface area contributed by atoms with E-state index in [1.165, 1.54) is 35.2 Å². The Kier molecular flexibility index (Phi) is 4.32. The van der Waals surface area contributed by atoms with E-state index in [1.807, 2.05) is 26.0 Å². The lowest BCUT2D eigenvalue weighted by Crippen LogP contribution is -2.11. The number of aromatic nitrogens is 5. The Morgan fingerprint density at radius 2 is 1.93 bits per heavy atom. The van der Waals surface area contributed by atoms with Gasteiger partial charge in [0.1, 0.15) is 16.2 Å². The summed E-state index contributed by atoms with van der Waals surface area (Å²) in [7, 11) is -3.67. The van der Waals surface area contributed by atoms with Gasteiger partial charge in [-0.25, -0.2) is 18.4 Å². The molecule has 0 fully saturated rings. The molecule has 0 unspecified atom stereocenters. The lowest BCUT2D eigenvalue weighted by molar-refractivity contribution is 0.591. The van der Waals surface area contributed by atoms with Gasteiger partial charge in [0.05, 0.1) is 16.3 Å². The Hall–Kier alpha value is -2.63. The molecule has 0 saturated heterocycles. The summed E-state index contributed by atoms with van der Waals surface area (Å²) in [4.78, 5) is 9.62. The first-order chi connectivity index (χ1) is 12.9. The monoisotopic (exact) mass is 432 g/mol. The van der Waals surface area contributed by atoms with Gasteiger partial charge in [-0.15, -0.1) is 10.2 Å². The number of rotatable bonds is 3. The van der Waals surface area contributed by atoms with E-state index in [0.29, 0.717) is 21.5 Å². The highest BCUT2D eigenvalue weighted by Gasteiger charge is 2.33. The minimum atomic E-state index is -3.67. The number of fused-ring (bicyclic) bond motifs is 4. The summed E-state index contributed by atoms with van der Waals surface area (Å²) in [6, 6.07) is 5.43. The van der Waals surface area contributed by atoms with Gasteiger partial charge < -0.3 is 9.88 Å².